The lowest BCUT2D eigenvalue weighted by Crippen LogP contribution is -2.03. The highest BCUT2D eigenvalue weighted by Crippen LogP contribution is 2.48. The van der Waals surface area contributed by atoms with Crippen LogP contribution in [0.25, 0.3) is 0 Å². The van der Waals surface area contributed by atoms with Gasteiger partial charge in [0, 0.05) is 33.5 Å². The van der Waals surface area contributed by atoms with Crippen molar-refractivity contribution in [2.75, 3.05) is 36.2 Å². The number of hydrogen-bond donors (Lipinski definition) is 0. The van der Waals surface area contributed by atoms with Crippen molar-refractivity contribution in [2.45, 2.75) is 48.7 Å². The predicted molar refractivity (Wildman–Crippen MR) is 159 cm³/mol. The smallest absolute Gasteiger partial charge is 0.330 e. The molecule has 0 radical (unpaired) electrons. The SMILES string of the molecule is C=CC(=O)OCC1=C(C)SC(CCCSCCSCCCC2SC(C)=C(COC(=O)C=C)S2)S1. The zero-order valence-corrected chi connectivity index (χ0v) is 24.8. The molecule has 2 aliphatic heterocycles. The normalized spacial score (nSPS) is 20.1. The molecule has 2 unspecified atom stereocenters. The van der Waals surface area contributed by atoms with Crippen LogP contribution in [0.3, 0.4) is 0 Å². The fourth-order valence-electron chi connectivity index (χ4n) is 2.98. The number of esters is 2. The molecule has 0 aromatic rings. The zero-order chi connectivity index (χ0) is 24.8. The number of carbonyl (C=O) groups is 2. The van der Waals surface area contributed by atoms with Crippen LogP contribution in [-0.2, 0) is 19.1 Å². The molecule has 0 spiro atoms. The Morgan fingerprint density at radius 3 is 1.56 bits per heavy atom. The van der Waals surface area contributed by atoms with Crippen molar-refractivity contribution >= 4 is 82.5 Å². The van der Waals surface area contributed by atoms with Crippen LogP contribution in [0.4, 0.5) is 0 Å². The highest BCUT2D eigenvalue weighted by molar-refractivity contribution is 8.23. The van der Waals surface area contributed by atoms with Crippen molar-refractivity contribution in [1.29, 1.82) is 0 Å². The van der Waals surface area contributed by atoms with Gasteiger partial charge in [-0.15, -0.1) is 47.0 Å². The molecular formula is C24H34O4S6. The first kappa shape index (κ1) is 30.2. The lowest BCUT2D eigenvalue weighted by atomic mass is 10.4. The minimum absolute atomic E-state index is 0.357. The van der Waals surface area contributed by atoms with Crippen LogP contribution in [0, 0.1) is 0 Å². The Balaban J connectivity index is 1.41. The molecule has 0 aromatic carbocycles. The Morgan fingerprint density at radius 2 is 1.18 bits per heavy atom. The van der Waals surface area contributed by atoms with Crippen LogP contribution in [0.5, 0.6) is 0 Å². The lowest BCUT2D eigenvalue weighted by Gasteiger charge is -2.10. The topological polar surface area (TPSA) is 52.6 Å². The van der Waals surface area contributed by atoms with E-state index in [-0.39, 0.29) is 11.9 Å². The van der Waals surface area contributed by atoms with E-state index >= 15 is 0 Å². The summed E-state index contributed by atoms with van der Waals surface area (Å²) in [6.45, 7) is 11.8. The molecule has 0 saturated carbocycles. The number of carbonyl (C=O) groups excluding carboxylic acids is 2. The van der Waals surface area contributed by atoms with Crippen LogP contribution in [0.1, 0.15) is 39.5 Å². The van der Waals surface area contributed by atoms with Crippen LogP contribution in [0.2, 0.25) is 0 Å². The van der Waals surface area contributed by atoms with Crippen LogP contribution in [0.15, 0.2) is 44.9 Å². The van der Waals surface area contributed by atoms with E-state index < -0.39 is 0 Å². The van der Waals surface area contributed by atoms with E-state index in [1.54, 1.807) is 0 Å². The Hall–Kier alpha value is -0.000000000000000222. The van der Waals surface area contributed by atoms with E-state index in [0.717, 1.165) is 0 Å². The molecule has 10 heteroatoms. The monoisotopic (exact) mass is 578 g/mol. The summed E-state index contributed by atoms with van der Waals surface area (Å²) in [6, 6.07) is 0. The molecule has 0 aliphatic carbocycles. The quantitative estimate of drug-likeness (QED) is 0.0982. The number of thioether (sulfide) groups is 6. The summed E-state index contributed by atoms with van der Waals surface area (Å²) in [7, 11) is 0. The average molecular weight is 579 g/mol. The first-order chi connectivity index (χ1) is 16.4. The van der Waals surface area contributed by atoms with Gasteiger partial charge in [0.05, 0.1) is 9.16 Å². The largest absolute Gasteiger partial charge is 0.457 e. The van der Waals surface area contributed by atoms with Gasteiger partial charge in [0.25, 0.3) is 0 Å². The molecule has 0 aromatic heterocycles. The highest BCUT2D eigenvalue weighted by atomic mass is 32.2. The number of ether oxygens (including phenoxy) is 2. The minimum atomic E-state index is -0.357. The van der Waals surface area contributed by atoms with Crippen molar-refractivity contribution in [1.82, 2.24) is 0 Å². The second-order valence-corrected chi connectivity index (χ2v) is 15.9. The third kappa shape index (κ3) is 11.8. The maximum absolute atomic E-state index is 11.2. The summed E-state index contributed by atoms with van der Waals surface area (Å²) in [5.74, 6) is 4.12. The molecule has 0 bridgehead atoms. The third-order valence-electron chi connectivity index (χ3n) is 4.80. The molecule has 0 amide bonds. The molecule has 4 nitrogen and oxygen atoms in total. The van der Waals surface area contributed by atoms with Crippen molar-refractivity contribution in [3.8, 4) is 0 Å². The van der Waals surface area contributed by atoms with Gasteiger partial charge >= 0.3 is 11.9 Å². The summed E-state index contributed by atoms with van der Waals surface area (Å²) in [5, 5.41) is 0. The maximum Gasteiger partial charge on any atom is 0.330 e. The van der Waals surface area contributed by atoms with E-state index in [1.165, 1.54) is 80.5 Å². The summed E-state index contributed by atoms with van der Waals surface area (Å²) >= 11 is 11.6. The van der Waals surface area contributed by atoms with Gasteiger partial charge in [0.1, 0.15) is 13.2 Å². The average Bonchev–Trinajstić information content (AvgIpc) is 3.37. The molecule has 0 saturated heterocycles. The van der Waals surface area contributed by atoms with Gasteiger partial charge in [0.2, 0.25) is 0 Å². The summed E-state index contributed by atoms with van der Waals surface area (Å²) < 4.78 is 11.4. The van der Waals surface area contributed by atoms with E-state index in [0.29, 0.717) is 22.4 Å². The van der Waals surface area contributed by atoms with Gasteiger partial charge in [-0.25, -0.2) is 9.59 Å². The number of rotatable bonds is 17. The summed E-state index contributed by atoms with van der Waals surface area (Å²) in [6.07, 6.45) is 7.24. The molecule has 2 aliphatic rings. The number of hydrogen-bond acceptors (Lipinski definition) is 10. The second-order valence-electron chi connectivity index (χ2n) is 7.42. The Bertz CT molecular complexity index is 715. The molecule has 0 fully saturated rings. The van der Waals surface area contributed by atoms with E-state index in [1.807, 2.05) is 47.0 Å². The van der Waals surface area contributed by atoms with E-state index in [2.05, 4.69) is 50.5 Å². The second kappa shape index (κ2) is 17.5. The van der Waals surface area contributed by atoms with Crippen molar-refractivity contribution < 1.29 is 19.1 Å². The van der Waals surface area contributed by atoms with Gasteiger partial charge in [-0.3, -0.25) is 0 Å². The zero-order valence-electron chi connectivity index (χ0n) is 19.9. The highest BCUT2D eigenvalue weighted by Gasteiger charge is 2.24. The third-order valence-corrected chi connectivity index (χ3v) is 13.2. The molecule has 0 N–H and O–H groups in total. The maximum atomic E-state index is 11.2. The van der Waals surface area contributed by atoms with Crippen molar-refractivity contribution in [3.63, 3.8) is 0 Å². The summed E-state index contributed by atoms with van der Waals surface area (Å²) in [4.78, 5) is 27.4. The Labute approximate surface area is 230 Å². The lowest BCUT2D eigenvalue weighted by molar-refractivity contribution is -0.137. The fraction of sp³-hybridized carbons (Fsp3) is 0.583. The van der Waals surface area contributed by atoms with Gasteiger partial charge < -0.3 is 9.47 Å². The Kier molecular flexibility index (Phi) is 15.5. The number of allylic oxidation sites excluding steroid dienone is 2. The molecule has 2 heterocycles. The van der Waals surface area contributed by atoms with Crippen LogP contribution in [-0.4, -0.2) is 57.3 Å². The van der Waals surface area contributed by atoms with E-state index in [4.69, 9.17) is 9.47 Å². The van der Waals surface area contributed by atoms with Gasteiger partial charge in [-0.1, -0.05) is 13.2 Å². The molecule has 2 rings (SSSR count). The summed E-state index contributed by atoms with van der Waals surface area (Å²) in [5.41, 5.74) is 0. The first-order valence-corrected chi connectivity index (χ1v) is 17.1. The van der Waals surface area contributed by atoms with Crippen LogP contribution >= 0.6 is 70.6 Å². The molecule has 190 valence electrons. The van der Waals surface area contributed by atoms with Crippen molar-refractivity contribution in [2.24, 2.45) is 0 Å². The first-order valence-electron chi connectivity index (χ1n) is 11.2. The van der Waals surface area contributed by atoms with Gasteiger partial charge in [-0.05, 0) is 60.8 Å². The van der Waals surface area contributed by atoms with Crippen molar-refractivity contribution in [3.05, 3.63) is 44.9 Å². The minimum Gasteiger partial charge on any atom is -0.457 e. The molecular weight excluding hydrogens is 545 g/mol. The van der Waals surface area contributed by atoms with Gasteiger partial charge in [0.15, 0.2) is 0 Å². The van der Waals surface area contributed by atoms with Gasteiger partial charge in [-0.2, -0.15) is 23.5 Å². The standard InChI is InChI=1S/C24H34O4S6/c1-5-21(25)27-15-19-17(3)31-23(33-19)9-7-11-29-13-14-30-12-8-10-24-32-18(4)20(34-24)16-28-22(26)6-2/h5-6,23-24H,1-2,7-16H2,3-4H3. The Morgan fingerprint density at radius 1 is 0.765 bits per heavy atom. The molecule has 34 heavy (non-hydrogen) atoms. The fourth-order valence-corrected chi connectivity index (χ4v) is 11.1. The predicted octanol–water partition coefficient (Wildman–Crippen LogP) is 7.55. The van der Waals surface area contributed by atoms with Crippen LogP contribution < -0.4 is 0 Å². The molecule has 2 atom stereocenters. The van der Waals surface area contributed by atoms with E-state index in [9.17, 15) is 9.59 Å².